The van der Waals surface area contributed by atoms with Crippen LogP contribution in [0.15, 0.2) is 46.9 Å². The van der Waals surface area contributed by atoms with Crippen LogP contribution in [0.2, 0.25) is 0 Å². The SMILES string of the molecule is CC(=O)NCCC#Cc1cccc2c1oc1ccccc12. The number of benzene rings is 2. The molecule has 3 heteroatoms. The van der Waals surface area contributed by atoms with E-state index in [1.165, 1.54) is 6.92 Å². The Morgan fingerprint density at radius 1 is 1.14 bits per heavy atom. The van der Waals surface area contributed by atoms with Crippen LogP contribution in [-0.4, -0.2) is 12.5 Å². The zero-order chi connectivity index (χ0) is 14.7. The number of hydrogen-bond acceptors (Lipinski definition) is 2. The lowest BCUT2D eigenvalue weighted by atomic mass is 10.1. The van der Waals surface area contributed by atoms with Crippen LogP contribution >= 0.6 is 0 Å². The topological polar surface area (TPSA) is 42.2 Å². The smallest absolute Gasteiger partial charge is 0.216 e. The van der Waals surface area contributed by atoms with Gasteiger partial charge in [0.05, 0.1) is 5.56 Å². The molecule has 0 aliphatic rings. The summed E-state index contributed by atoms with van der Waals surface area (Å²) in [5.41, 5.74) is 2.58. The minimum Gasteiger partial charge on any atom is -0.455 e. The van der Waals surface area contributed by atoms with Crippen molar-refractivity contribution >= 4 is 27.8 Å². The van der Waals surface area contributed by atoms with E-state index in [0.717, 1.165) is 27.5 Å². The molecule has 0 radical (unpaired) electrons. The predicted octanol–water partition coefficient (Wildman–Crippen LogP) is 3.46. The highest BCUT2D eigenvalue weighted by atomic mass is 16.3. The van der Waals surface area contributed by atoms with E-state index in [2.05, 4.69) is 23.2 Å². The molecule has 1 N–H and O–H groups in total. The number of para-hydroxylation sites is 2. The van der Waals surface area contributed by atoms with Crippen molar-refractivity contribution in [2.45, 2.75) is 13.3 Å². The van der Waals surface area contributed by atoms with E-state index in [1.54, 1.807) is 0 Å². The van der Waals surface area contributed by atoms with E-state index in [9.17, 15) is 4.79 Å². The molecule has 21 heavy (non-hydrogen) atoms. The molecule has 0 fully saturated rings. The quantitative estimate of drug-likeness (QED) is 0.575. The summed E-state index contributed by atoms with van der Waals surface area (Å²) in [5.74, 6) is 6.16. The monoisotopic (exact) mass is 277 g/mol. The first-order chi connectivity index (χ1) is 10.3. The molecule has 0 atom stereocenters. The molecule has 0 saturated carbocycles. The summed E-state index contributed by atoms with van der Waals surface area (Å²) >= 11 is 0. The van der Waals surface area contributed by atoms with Crippen LogP contribution < -0.4 is 5.32 Å². The first kappa shape index (κ1) is 13.3. The molecule has 0 saturated heterocycles. The lowest BCUT2D eigenvalue weighted by molar-refractivity contribution is -0.118. The zero-order valence-corrected chi connectivity index (χ0v) is 11.8. The molecule has 3 rings (SSSR count). The van der Waals surface area contributed by atoms with Crippen molar-refractivity contribution < 1.29 is 9.21 Å². The molecule has 1 amide bonds. The van der Waals surface area contributed by atoms with Gasteiger partial charge in [-0.15, -0.1) is 0 Å². The number of carbonyl (C=O) groups is 1. The molecule has 104 valence electrons. The summed E-state index contributed by atoms with van der Waals surface area (Å²) in [7, 11) is 0. The molecule has 0 unspecified atom stereocenters. The molecule has 0 spiro atoms. The van der Waals surface area contributed by atoms with Crippen LogP contribution in [0.3, 0.4) is 0 Å². The lowest BCUT2D eigenvalue weighted by Gasteiger charge is -1.95. The van der Waals surface area contributed by atoms with Gasteiger partial charge < -0.3 is 9.73 Å². The average Bonchev–Trinajstić information content (AvgIpc) is 2.86. The number of rotatable bonds is 2. The van der Waals surface area contributed by atoms with Crippen molar-refractivity contribution in [3.63, 3.8) is 0 Å². The lowest BCUT2D eigenvalue weighted by Crippen LogP contribution is -2.20. The minimum atomic E-state index is -0.0313. The second-order valence-corrected chi connectivity index (χ2v) is 4.82. The molecular weight excluding hydrogens is 262 g/mol. The van der Waals surface area contributed by atoms with Gasteiger partial charge in [-0.1, -0.05) is 42.2 Å². The molecule has 0 aliphatic heterocycles. The van der Waals surface area contributed by atoms with Gasteiger partial charge in [-0.2, -0.15) is 0 Å². The zero-order valence-electron chi connectivity index (χ0n) is 11.8. The Hall–Kier alpha value is -2.73. The number of amides is 1. The first-order valence-electron chi connectivity index (χ1n) is 6.89. The largest absolute Gasteiger partial charge is 0.455 e. The van der Waals surface area contributed by atoms with Crippen molar-refractivity contribution in [2.75, 3.05) is 6.54 Å². The van der Waals surface area contributed by atoms with Gasteiger partial charge in [0.15, 0.2) is 5.58 Å². The number of nitrogens with one attached hydrogen (secondary N) is 1. The number of hydrogen-bond donors (Lipinski definition) is 1. The van der Waals surface area contributed by atoms with E-state index in [-0.39, 0.29) is 5.91 Å². The predicted molar refractivity (Wildman–Crippen MR) is 83.9 cm³/mol. The highest BCUT2D eigenvalue weighted by molar-refractivity contribution is 6.06. The standard InChI is InChI=1S/C18H15NO2/c1-13(20)19-12-5-4-7-14-8-6-10-16-15-9-2-3-11-17(15)21-18(14)16/h2-3,6,8-11H,5,12H2,1H3,(H,19,20). The van der Waals surface area contributed by atoms with Crippen LogP contribution in [0.4, 0.5) is 0 Å². The molecule has 0 bridgehead atoms. The Bertz CT molecular complexity index is 865. The van der Waals surface area contributed by atoms with Crippen LogP contribution in [0.5, 0.6) is 0 Å². The summed E-state index contributed by atoms with van der Waals surface area (Å²) in [6.07, 6.45) is 0.621. The molecule has 3 aromatic rings. The highest BCUT2D eigenvalue weighted by Crippen LogP contribution is 2.30. The van der Waals surface area contributed by atoms with E-state index in [0.29, 0.717) is 13.0 Å². The van der Waals surface area contributed by atoms with Crippen molar-refractivity contribution in [3.8, 4) is 11.8 Å². The molecule has 1 aromatic heterocycles. The third-order valence-corrected chi connectivity index (χ3v) is 3.25. The van der Waals surface area contributed by atoms with Gasteiger partial charge in [0.25, 0.3) is 0 Å². The Morgan fingerprint density at radius 3 is 2.81 bits per heavy atom. The van der Waals surface area contributed by atoms with Gasteiger partial charge in [-0.25, -0.2) is 0 Å². The maximum absolute atomic E-state index is 10.8. The summed E-state index contributed by atoms with van der Waals surface area (Å²) in [6.45, 7) is 2.07. The fourth-order valence-electron chi connectivity index (χ4n) is 2.30. The third kappa shape index (κ3) is 2.75. The van der Waals surface area contributed by atoms with E-state index in [4.69, 9.17) is 4.42 Å². The van der Waals surface area contributed by atoms with E-state index >= 15 is 0 Å². The molecule has 2 aromatic carbocycles. The van der Waals surface area contributed by atoms with Gasteiger partial charge in [0.2, 0.25) is 5.91 Å². The van der Waals surface area contributed by atoms with Gasteiger partial charge in [0.1, 0.15) is 5.58 Å². The second-order valence-electron chi connectivity index (χ2n) is 4.82. The summed E-state index contributed by atoms with van der Waals surface area (Å²) in [5, 5.41) is 4.91. The number of carbonyl (C=O) groups excluding carboxylic acids is 1. The molecule has 0 aliphatic carbocycles. The summed E-state index contributed by atoms with van der Waals surface area (Å²) < 4.78 is 5.91. The first-order valence-corrected chi connectivity index (χ1v) is 6.89. The van der Waals surface area contributed by atoms with Crippen molar-refractivity contribution in [1.82, 2.24) is 5.32 Å². The molecular formula is C18H15NO2. The summed E-state index contributed by atoms with van der Waals surface area (Å²) in [4.78, 5) is 10.8. The molecule has 3 nitrogen and oxygen atoms in total. The van der Waals surface area contributed by atoms with Gasteiger partial charge in [-0.05, 0) is 12.1 Å². The van der Waals surface area contributed by atoms with Crippen LogP contribution in [0.25, 0.3) is 21.9 Å². The fourth-order valence-corrected chi connectivity index (χ4v) is 2.30. The van der Waals surface area contributed by atoms with E-state index < -0.39 is 0 Å². The van der Waals surface area contributed by atoms with Crippen molar-refractivity contribution in [3.05, 3.63) is 48.0 Å². The number of fused-ring (bicyclic) bond motifs is 3. The molecule has 1 heterocycles. The van der Waals surface area contributed by atoms with Gasteiger partial charge in [-0.3, -0.25) is 4.79 Å². The maximum atomic E-state index is 10.8. The Labute approximate surface area is 122 Å². The minimum absolute atomic E-state index is 0.0313. The van der Waals surface area contributed by atoms with E-state index in [1.807, 2.05) is 36.4 Å². The highest BCUT2D eigenvalue weighted by Gasteiger charge is 2.08. The van der Waals surface area contributed by atoms with Gasteiger partial charge in [0, 0.05) is 30.7 Å². The third-order valence-electron chi connectivity index (χ3n) is 3.25. The van der Waals surface area contributed by atoms with Crippen LogP contribution in [-0.2, 0) is 4.79 Å². The normalized spacial score (nSPS) is 10.3. The second kappa shape index (κ2) is 5.72. The fraction of sp³-hybridized carbons (Fsp3) is 0.167. The maximum Gasteiger partial charge on any atom is 0.216 e. The van der Waals surface area contributed by atoms with Crippen LogP contribution in [0, 0.1) is 11.8 Å². The Balaban J connectivity index is 1.92. The average molecular weight is 277 g/mol. The van der Waals surface area contributed by atoms with Crippen LogP contribution in [0.1, 0.15) is 18.9 Å². The Kier molecular flexibility index (Phi) is 3.61. The Morgan fingerprint density at radius 2 is 1.95 bits per heavy atom. The van der Waals surface area contributed by atoms with Crippen molar-refractivity contribution in [1.29, 1.82) is 0 Å². The summed E-state index contributed by atoms with van der Waals surface area (Å²) in [6, 6.07) is 14.0. The number of furan rings is 1. The van der Waals surface area contributed by atoms with Gasteiger partial charge >= 0.3 is 0 Å². The van der Waals surface area contributed by atoms with Crippen molar-refractivity contribution in [2.24, 2.45) is 0 Å².